The lowest BCUT2D eigenvalue weighted by atomic mass is 10.0. The van der Waals surface area contributed by atoms with Crippen LogP contribution in [0.3, 0.4) is 0 Å². The maximum Gasteiger partial charge on any atom is 0.244 e. The monoisotopic (exact) mass is 585 g/mol. The van der Waals surface area contributed by atoms with E-state index in [-0.39, 0.29) is 18.9 Å². The summed E-state index contributed by atoms with van der Waals surface area (Å²) in [6, 6.07) is 21.4. The zero-order valence-corrected chi connectivity index (χ0v) is 23.8. The summed E-state index contributed by atoms with van der Waals surface area (Å²) < 4.78 is 27.7. The Hall–Kier alpha value is -3.17. The number of carbonyl (C=O) groups excluding carboxylic acids is 2. The first-order valence-corrected chi connectivity index (χ1v) is 14.5. The van der Waals surface area contributed by atoms with Crippen LogP contribution in [-0.2, 0) is 32.6 Å². The first-order valence-electron chi connectivity index (χ1n) is 11.8. The van der Waals surface area contributed by atoms with Gasteiger partial charge in [0.15, 0.2) is 0 Å². The van der Waals surface area contributed by atoms with Crippen LogP contribution in [-0.4, -0.2) is 51.0 Å². The summed E-state index contributed by atoms with van der Waals surface area (Å²) in [7, 11) is -2.27. The molecule has 9 heteroatoms. The number of hydrogen-bond acceptors (Lipinski definition) is 4. The Morgan fingerprint density at radius 2 is 1.59 bits per heavy atom. The number of carbonyl (C=O) groups is 2. The quantitative estimate of drug-likeness (QED) is 0.386. The summed E-state index contributed by atoms with van der Waals surface area (Å²) >= 11 is 3.46. The zero-order valence-electron chi connectivity index (χ0n) is 21.4. The van der Waals surface area contributed by atoms with Crippen molar-refractivity contribution in [2.75, 3.05) is 24.2 Å². The fourth-order valence-corrected chi connectivity index (χ4v) is 5.50. The van der Waals surface area contributed by atoms with Crippen molar-refractivity contribution in [1.82, 2.24) is 10.2 Å². The molecule has 1 atom stereocenters. The molecule has 0 aliphatic carbocycles. The summed E-state index contributed by atoms with van der Waals surface area (Å²) in [4.78, 5) is 28.5. The zero-order chi connectivity index (χ0) is 27.2. The number of rotatable bonds is 10. The highest BCUT2D eigenvalue weighted by atomic mass is 79.9. The normalized spacial score (nSPS) is 12.0. The van der Waals surface area contributed by atoms with Gasteiger partial charge in [-0.15, -0.1) is 0 Å². The van der Waals surface area contributed by atoms with E-state index in [1.807, 2.05) is 74.5 Å². The van der Waals surface area contributed by atoms with Gasteiger partial charge in [0, 0.05) is 24.5 Å². The number of halogens is 1. The number of likely N-dealkylation sites (N-methyl/N-ethyl adjacent to an activating group) is 1. The third-order valence-electron chi connectivity index (χ3n) is 6.28. The number of sulfonamides is 1. The molecule has 3 aromatic rings. The van der Waals surface area contributed by atoms with Crippen LogP contribution in [0, 0.1) is 13.8 Å². The standard InChI is InChI=1S/C28H32BrN3O4S/c1-20-10-8-15-25(21(20)2)32(37(4,35)36)19-27(33)31(18-23-13-9-14-24(29)16-23)26(28(34)30-3)17-22-11-6-5-7-12-22/h5-16,26H,17-19H2,1-4H3,(H,30,34)/t26-/m0/s1. The van der Waals surface area contributed by atoms with Gasteiger partial charge in [-0.25, -0.2) is 8.42 Å². The van der Waals surface area contributed by atoms with E-state index in [4.69, 9.17) is 0 Å². The molecule has 0 aromatic heterocycles. The highest BCUT2D eigenvalue weighted by molar-refractivity contribution is 9.10. The number of benzene rings is 3. The van der Waals surface area contributed by atoms with Gasteiger partial charge < -0.3 is 10.2 Å². The van der Waals surface area contributed by atoms with E-state index in [0.717, 1.165) is 37.3 Å². The Morgan fingerprint density at radius 3 is 2.22 bits per heavy atom. The van der Waals surface area contributed by atoms with Crippen LogP contribution in [0.25, 0.3) is 0 Å². The number of anilines is 1. The second kappa shape index (κ2) is 12.4. The van der Waals surface area contributed by atoms with Crippen molar-refractivity contribution in [3.05, 3.63) is 99.5 Å². The molecule has 0 saturated heterocycles. The van der Waals surface area contributed by atoms with Crippen molar-refractivity contribution < 1.29 is 18.0 Å². The van der Waals surface area contributed by atoms with E-state index >= 15 is 0 Å². The Bertz CT molecular complexity index is 1360. The molecule has 0 saturated carbocycles. The van der Waals surface area contributed by atoms with Gasteiger partial charge in [0.1, 0.15) is 12.6 Å². The topological polar surface area (TPSA) is 86.8 Å². The Kier molecular flexibility index (Phi) is 9.50. The van der Waals surface area contributed by atoms with Crippen LogP contribution < -0.4 is 9.62 Å². The largest absolute Gasteiger partial charge is 0.357 e. The highest BCUT2D eigenvalue weighted by Gasteiger charge is 2.33. The SMILES string of the molecule is CNC(=O)[C@H](Cc1ccccc1)N(Cc1cccc(Br)c1)C(=O)CN(c1cccc(C)c1C)S(C)(=O)=O. The lowest BCUT2D eigenvalue weighted by molar-refractivity contribution is -0.139. The molecule has 0 spiro atoms. The number of amides is 2. The summed E-state index contributed by atoms with van der Waals surface area (Å²) in [5.74, 6) is -0.805. The second-order valence-electron chi connectivity index (χ2n) is 8.96. The lowest BCUT2D eigenvalue weighted by Crippen LogP contribution is -2.53. The number of hydrogen-bond donors (Lipinski definition) is 1. The summed E-state index contributed by atoms with van der Waals surface area (Å²) in [6.07, 6.45) is 1.36. The predicted octanol–water partition coefficient (Wildman–Crippen LogP) is 4.22. The smallest absolute Gasteiger partial charge is 0.244 e. The van der Waals surface area contributed by atoms with E-state index in [9.17, 15) is 18.0 Å². The summed E-state index contributed by atoms with van der Waals surface area (Å²) in [6.45, 7) is 3.42. The average molecular weight is 587 g/mol. The molecule has 0 bridgehead atoms. The molecular weight excluding hydrogens is 554 g/mol. The maximum absolute atomic E-state index is 13.9. The molecule has 3 aromatic carbocycles. The van der Waals surface area contributed by atoms with Crippen LogP contribution >= 0.6 is 15.9 Å². The number of nitrogens with zero attached hydrogens (tertiary/aromatic N) is 2. The van der Waals surface area contributed by atoms with Crippen LogP contribution in [0.2, 0.25) is 0 Å². The minimum absolute atomic E-state index is 0.133. The third-order valence-corrected chi connectivity index (χ3v) is 7.90. The van der Waals surface area contributed by atoms with Gasteiger partial charge in [0.2, 0.25) is 21.8 Å². The molecule has 0 heterocycles. The number of nitrogens with one attached hydrogen (secondary N) is 1. The van der Waals surface area contributed by atoms with Gasteiger partial charge >= 0.3 is 0 Å². The average Bonchev–Trinajstić information content (AvgIpc) is 2.86. The van der Waals surface area contributed by atoms with Gasteiger partial charge in [-0.05, 0) is 54.3 Å². The minimum atomic E-state index is -3.80. The van der Waals surface area contributed by atoms with Crippen molar-refractivity contribution in [3.63, 3.8) is 0 Å². The van der Waals surface area contributed by atoms with Gasteiger partial charge in [0.25, 0.3) is 0 Å². The van der Waals surface area contributed by atoms with Crippen LogP contribution in [0.4, 0.5) is 5.69 Å². The van der Waals surface area contributed by atoms with Gasteiger partial charge in [-0.1, -0.05) is 70.5 Å². The van der Waals surface area contributed by atoms with Crippen molar-refractivity contribution >= 4 is 43.5 Å². The first-order chi connectivity index (χ1) is 17.5. The van der Waals surface area contributed by atoms with E-state index in [1.165, 1.54) is 11.9 Å². The molecule has 0 unspecified atom stereocenters. The van der Waals surface area contributed by atoms with Crippen molar-refractivity contribution in [3.8, 4) is 0 Å². The molecule has 0 fully saturated rings. The van der Waals surface area contributed by atoms with Crippen LogP contribution in [0.15, 0.2) is 77.3 Å². The van der Waals surface area contributed by atoms with E-state index in [2.05, 4.69) is 21.2 Å². The minimum Gasteiger partial charge on any atom is -0.357 e. The molecule has 7 nitrogen and oxygen atoms in total. The van der Waals surface area contributed by atoms with E-state index < -0.39 is 28.5 Å². The third kappa shape index (κ3) is 7.42. The van der Waals surface area contributed by atoms with Gasteiger partial charge in [-0.2, -0.15) is 0 Å². The Morgan fingerprint density at radius 1 is 0.946 bits per heavy atom. The fourth-order valence-electron chi connectivity index (χ4n) is 4.15. The molecule has 0 aliphatic heterocycles. The van der Waals surface area contributed by atoms with Crippen LogP contribution in [0.5, 0.6) is 0 Å². The van der Waals surface area contributed by atoms with Gasteiger partial charge in [0.05, 0.1) is 11.9 Å². The van der Waals surface area contributed by atoms with E-state index in [1.54, 1.807) is 12.1 Å². The molecule has 2 amide bonds. The lowest BCUT2D eigenvalue weighted by Gasteiger charge is -2.33. The Labute approximate surface area is 227 Å². The Balaban J connectivity index is 2.06. The fraction of sp³-hybridized carbons (Fsp3) is 0.286. The molecule has 37 heavy (non-hydrogen) atoms. The highest BCUT2D eigenvalue weighted by Crippen LogP contribution is 2.26. The van der Waals surface area contributed by atoms with E-state index in [0.29, 0.717) is 5.69 Å². The second-order valence-corrected chi connectivity index (χ2v) is 11.8. The summed E-state index contributed by atoms with van der Waals surface area (Å²) in [5.41, 5.74) is 3.82. The van der Waals surface area contributed by atoms with Crippen LogP contribution in [0.1, 0.15) is 22.3 Å². The molecule has 0 radical (unpaired) electrons. The number of aryl methyl sites for hydroxylation is 1. The molecule has 1 N–H and O–H groups in total. The van der Waals surface area contributed by atoms with Gasteiger partial charge in [-0.3, -0.25) is 13.9 Å². The van der Waals surface area contributed by atoms with Crippen molar-refractivity contribution in [1.29, 1.82) is 0 Å². The van der Waals surface area contributed by atoms with Crippen molar-refractivity contribution in [2.45, 2.75) is 32.9 Å². The molecular formula is C28H32BrN3O4S. The summed E-state index contributed by atoms with van der Waals surface area (Å²) in [5, 5.41) is 2.68. The van der Waals surface area contributed by atoms with Crippen molar-refractivity contribution in [2.24, 2.45) is 0 Å². The predicted molar refractivity (Wildman–Crippen MR) is 151 cm³/mol. The maximum atomic E-state index is 13.9. The molecule has 3 rings (SSSR count). The molecule has 0 aliphatic rings. The first kappa shape index (κ1) is 28.4. The molecule has 196 valence electrons.